The maximum Gasteiger partial charge on any atom is 0.323 e. The van der Waals surface area contributed by atoms with Gasteiger partial charge < -0.3 is 4.74 Å². The van der Waals surface area contributed by atoms with Gasteiger partial charge in [0.15, 0.2) is 0 Å². The van der Waals surface area contributed by atoms with Gasteiger partial charge in [-0.15, -0.1) is 0 Å². The summed E-state index contributed by atoms with van der Waals surface area (Å²) in [6, 6.07) is -0.211. The zero-order chi connectivity index (χ0) is 10.6. The monoisotopic (exact) mass is 199 g/mol. The maximum atomic E-state index is 11.4. The predicted octanol–water partition coefficient (Wildman–Crippen LogP) is 0.603. The fourth-order valence-corrected chi connectivity index (χ4v) is 1.87. The third kappa shape index (κ3) is 2.80. The number of piperidine rings is 1. The van der Waals surface area contributed by atoms with Crippen LogP contribution in [0, 0.1) is 0 Å². The average Bonchev–Trinajstić information content (AvgIpc) is 2.16. The highest BCUT2D eigenvalue weighted by atomic mass is 16.5. The Kier molecular flexibility index (Phi) is 4.07. The molecule has 0 bridgehead atoms. The zero-order valence-corrected chi connectivity index (χ0v) is 8.78. The first-order valence-electron chi connectivity index (χ1n) is 4.96. The molecule has 0 aromatic carbocycles. The fourth-order valence-electron chi connectivity index (χ4n) is 1.87. The highest BCUT2D eigenvalue weighted by Crippen LogP contribution is 2.17. The van der Waals surface area contributed by atoms with E-state index in [1.165, 1.54) is 7.11 Å². The van der Waals surface area contributed by atoms with Crippen molar-refractivity contribution in [3.8, 4) is 0 Å². The van der Waals surface area contributed by atoms with E-state index in [0.717, 1.165) is 25.8 Å². The first-order valence-corrected chi connectivity index (χ1v) is 4.96. The van der Waals surface area contributed by atoms with Crippen molar-refractivity contribution >= 4 is 11.8 Å². The largest absolute Gasteiger partial charge is 0.468 e. The summed E-state index contributed by atoms with van der Waals surface area (Å²) in [5.74, 6) is -0.119. The van der Waals surface area contributed by atoms with Crippen LogP contribution in [0.25, 0.3) is 0 Å². The summed E-state index contributed by atoms with van der Waals surface area (Å²) in [6.07, 6.45) is 2.90. The lowest BCUT2D eigenvalue weighted by atomic mass is 10.0. The van der Waals surface area contributed by atoms with Gasteiger partial charge >= 0.3 is 5.97 Å². The third-order valence-electron chi connectivity index (χ3n) is 2.51. The number of methoxy groups -OCH3 is 1. The van der Waals surface area contributed by atoms with E-state index in [1.54, 1.807) is 6.92 Å². The Bertz CT molecular complexity index is 227. The molecule has 0 amide bonds. The number of likely N-dealkylation sites (tertiary alicyclic amines) is 1. The average molecular weight is 199 g/mol. The quantitative estimate of drug-likeness (QED) is 0.624. The molecule has 0 spiro atoms. The van der Waals surface area contributed by atoms with Gasteiger partial charge in [-0.25, -0.2) is 0 Å². The Hall–Kier alpha value is -0.900. The van der Waals surface area contributed by atoms with Crippen LogP contribution in [0.3, 0.4) is 0 Å². The number of carbonyl (C=O) groups is 2. The van der Waals surface area contributed by atoms with E-state index < -0.39 is 0 Å². The van der Waals surface area contributed by atoms with Crippen LogP contribution in [0.4, 0.5) is 0 Å². The van der Waals surface area contributed by atoms with Gasteiger partial charge in [0.2, 0.25) is 0 Å². The molecule has 14 heavy (non-hydrogen) atoms. The van der Waals surface area contributed by atoms with E-state index in [4.69, 9.17) is 4.74 Å². The van der Waals surface area contributed by atoms with E-state index in [1.807, 2.05) is 4.90 Å². The normalized spacial score (nSPS) is 23.1. The molecule has 1 unspecified atom stereocenters. The van der Waals surface area contributed by atoms with Crippen LogP contribution in [-0.2, 0) is 14.3 Å². The second kappa shape index (κ2) is 5.10. The summed E-state index contributed by atoms with van der Waals surface area (Å²) >= 11 is 0. The SMILES string of the molecule is COC(=O)C1CCCCN1CC(C)=O. The first kappa shape index (κ1) is 11.2. The Morgan fingerprint density at radius 1 is 1.43 bits per heavy atom. The van der Waals surface area contributed by atoms with Gasteiger partial charge in [0.05, 0.1) is 13.7 Å². The number of rotatable bonds is 3. The molecule has 0 aromatic heterocycles. The molecular formula is C10H17NO3. The number of Topliss-reactive ketones (excluding diaryl/α,β-unsaturated/α-hetero) is 1. The fraction of sp³-hybridized carbons (Fsp3) is 0.800. The minimum Gasteiger partial charge on any atom is -0.468 e. The molecule has 0 aromatic rings. The van der Waals surface area contributed by atoms with Gasteiger partial charge in [0.1, 0.15) is 11.8 Å². The Morgan fingerprint density at radius 2 is 2.14 bits per heavy atom. The highest BCUT2D eigenvalue weighted by Gasteiger charge is 2.29. The van der Waals surface area contributed by atoms with Crippen molar-refractivity contribution in [1.29, 1.82) is 0 Å². The summed E-state index contributed by atoms with van der Waals surface area (Å²) in [4.78, 5) is 24.3. The van der Waals surface area contributed by atoms with E-state index in [-0.39, 0.29) is 17.8 Å². The van der Waals surface area contributed by atoms with Crippen LogP contribution in [0.5, 0.6) is 0 Å². The summed E-state index contributed by atoms with van der Waals surface area (Å²) < 4.78 is 4.71. The van der Waals surface area contributed by atoms with Crippen molar-refractivity contribution < 1.29 is 14.3 Å². The summed E-state index contributed by atoms with van der Waals surface area (Å²) in [6.45, 7) is 2.72. The van der Waals surface area contributed by atoms with E-state index in [9.17, 15) is 9.59 Å². The van der Waals surface area contributed by atoms with Gasteiger partial charge in [0.25, 0.3) is 0 Å². The van der Waals surface area contributed by atoms with Crippen LogP contribution >= 0.6 is 0 Å². The molecule has 4 nitrogen and oxygen atoms in total. The number of nitrogens with zero attached hydrogens (tertiary/aromatic N) is 1. The number of carbonyl (C=O) groups excluding carboxylic acids is 2. The Balaban J connectivity index is 2.58. The minimum absolute atomic E-state index is 0.0980. The maximum absolute atomic E-state index is 11.4. The van der Waals surface area contributed by atoms with Gasteiger partial charge in [-0.3, -0.25) is 14.5 Å². The molecule has 1 aliphatic heterocycles. The lowest BCUT2D eigenvalue weighted by molar-refractivity contribution is -0.148. The molecule has 1 fully saturated rings. The number of ether oxygens (including phenoxy) is 1. The van der Waals surface area contributed by atoms with Gasteiger partial charge in [-0.2, -0.15) is 0 Å². The molecular weight excluding hydrogens is 182 g/mol. The molecule has 1 rings (SSSR count). The molecule has 80 valence electrons. The smallest absolute Gasteiger partial charge is 0.323 e. The first-order chi connectivity index (χ1) is 6.65. The van der Waals surface area contributed by atoms with Gasteiger partial charge in [-0.1, -0.05) is 6.42 Å². The van der Waals surface area contributed by atoms with Gasteiger partial charge in [0, 0.05) is 0 Å². The van der Waals surface area contributed by atoms with Crippen molar-refractivity contribution in [2.45, 2.75) is 32.2 Å². The molecule has 1 heterocycles. The molecule has 1 aliphatic rings. The minimum atomic E-state index is -0.217. The van der Waals surface area contributed by atoms with Crippen molar-refractivity contribution in [2.75, 3.05) is 20.2 Å². The van der Waals surface area contributed by atoms with Gasteiger partial charge in [-0.05, 0) is 26.3 Å². The predicted molar refractivity (Wildman–Crippen MR) is 51.9 cm³/mol. The van der Waals surface area contributed by atoms with Crippen LogP contribution < -0.4 is 0 Å². The lowest BCUT2D eigenvalue weighted by Gasteiger charge is -2.32. The lowest BCUT2D eigenvalue weighted by Crippen LogP contribution is -2.47. The van der Waals surface area contributed by atoms with Crippen LogP contribution in [0.2, 0.25) is 0 Å². The summed E-state index contributed by atoms with van der Waals surface area (Å²) in [5.41, 5.74) is 0. The number of esters is 1. The van der Waals surface area contributed by atoms with E-state index >= 15 is 0 Å². The molecule has 0 aliphatic carbocycles. The molecule has 1 saturated heterocycles. The van der Waals surface area contributed by atoms with Crippen molar-refractivity contribution in [2.24, 2.45) is 0 Å². The third-order valence-corrected chi connectivity index (χ3v) is 2.51. The molecule has 0 N–H and O–H groups in total. The number of ketones is 1. The van der Waals surface area contributed by atoms with Crippen molar-refractivity contribution in [3.05, 3.63) is 0 Å². The van der Waals surface area contributed by atoms with Crippen LogP contribution in [-0.4, -0.2) is 42.9 Å². The van der Waals surface area contributed by atoms with Crippen molar-refractivity contribution in [3.63, 3.8) is 0 Å². The number of hydrogen-bond acceptors (Lipinski definition) is 4. The van der Waals surface area contributed by atoms with Crippen LogP contribution in [0.15, 0.2) is 0 Å². The topological polar surface area (TPSA) is 46.6 Å². The second-order valence-electron chi connectivity index (χ2n) is 3.71. The Labute approximate surface area is 84.2 Å². The van der Waals surface area contributed by atoms with E-state index in [0.29, 0.717) is 6.54 Å². The molecule has 1 atom stereocenters. The van der Waals surface area contributed by atoms with Crippen LogP contribution in [0.1, 0.15) is 26.2 Å². The zero-order valence-electron chi connectivity index (χ0n) is 8.78. The van der Waals surface area contributed by atoms with Crippen molar-refractivity contribution in [1.82, 2.24) is 4.90 Å². The molecule has 0 saturated carbocycles. The summed E-state index contributed by atoms with van der Waals surface area (Å²) in [5, 5.41) is 0. The second-order valence-corrected chi connectivity index (χ2v) is 3.71. The highest BCUT2D eigenvalue weighted by molar-refractivity contribution is 5.80. The Morgan fingerprint density at radius 3 is 2.71 bits per heavy atom. The molecule has 0 radical (unpaired) electrons. The summed E-state index contributed by atoms with van der Waals surface area (Å²) in [7, 11) is 1.39. The van der Waals surface area contributed by atoms with E-state index in [2.05, 4.69) is 0 Å². The molecule has 4 heteroatoms. The standard InChI is InChI=1S/C10H17NO3/c1-8(12)7-11-6-4-3-5-9(11)10(13)14-2/h9H,3-7H2,1-2H3. The number of hydrogen-bond donors (Lipinski definition) is 0.